The maximum atomic E-state index is 11.8. The van der Waals surface area contributed by atoms with Crippen molar-refractivity contribution in [3.8, 4) is 0 Å². The minimum absolute atomic E-state index is 0.0251. The molecule has 19 heavy (non-hydrogen) atoms. The highest BCUT2D eigenvalue weighted by atomic mass is 35.5. The lowest BCUT2D eigenvalue weighted by molar-refractivity contribution is 0.0952. The molecule has 1 amide bonds. The van der Waals surface area contributed by atoms with Crippen LogP contribution >= 0.6 is 23.2 Å². The van der Waals surface area contributed by atoms with Gasteiger partial charge in [0.15, 0.2) is 10.3 Å². The van der Waals surface area contributed by atoms with Crippen molar-refractivity contribution in [1.82, 2.24) is 30.7 Å². The quantitative estimate of drug-likeness (QED) is 0.811. The standard InChI is InChI=1S/C10H10Cl2N6O/c11-7-4-6(9(12)18-16-7)10(19)13-3-1-2-8-14-5-15-17-8/h4-5H,1-3H2,(H,13,19)(H,14,15,17). The average molecular weight is 301 g/mol. The van der Waals surface area contributed by atoms with Crippen LogP contribution in [0.1, 0.15) is 22.6 Å². The monoisotopic (exact) mass is 300 g/mol. The Morgan fingerprint density at radius 2 is 2.21 bits per heavy atom. The van der Waals surface area contributed by atoms with Crippen LogP contribution in [0.3, 0.4) is 0 Å². The lowest BCUT2D eigenvalue weighted by atomic mass is 10.2. The van der Waals surface area contributed by atoms with Gasteiger partial charge in [0.2, 0.25) is 0 Å². The zero-order chi connectivity index (χ0) is 13.7. The molecule has 0 fully saturated rings. The van der Waals surface area contributed by atoms with Crippen molar-refractivity contribution in [3.05, 3.63) is 34.1 Å². The van der Waals surface area contributed by atoms with Crippen molar-refractivity contribution in [2.24, 2.45) is 0 Å². The molecule has 0 saturated carbocycles. The van der Waals surface area contributed by atoms with Gasteiger partial charge in [-0.1, -0.05) is 23.2 Å². The first-order chi connectivity index (χ1) is 9.16. The molecule has 0 spiro atoms. The minimum atomic E-state index is -0.334. The number of H-pyrrole nitrogens is 1. The summed E-state index contributed by atoms with van der Waals surface area (Å²) in [6.45, 7) is 0.482. The summed E-state index contributed by atoms with van der Waals surface area (Å²) in [5.41, 5.74) is 0.210. The molecule has 0 saturated heterocycles. The summed E-state index contributed by atoms with van der Waals surface area (Å²) >= 11 is 11.4. The van der Waals surface area contributed by atoms with E-state index in [1.807, 2.05) is 0 Å². The number of aromatic nitrogens is 5. The topological polar surface area (TPSA) is 96.5 Å². The van der Waals surface area contributed by atoms with Gasteiger partial charge in [-0.3, -0.25) is 9.89 Å². The molecule has 0 atom stereocenters. The Morgan fingerprint density at radius 1 is 1.37 bits per heavy atom. The molecule has 7 nitrogen and oxygen atoms in total. The Balaban J connectivity index is 1.82. The van der Waals surface area contributed by atoms with Gasteiger partial charge in [0, 0.05) is 13.0 Å². The van der Waals surface area contributed by atoms with E-state index >= 15 is 0 Å². The second-order valence-electron chi connectivity index (χ2n) is 3.66. The second-order valence-corrected chi connectivity index (χ2v) is 4.41. The Kier molecular flexibility index (Phi) is 4.64. The highest BCUT2D eigenvalue weighted by Gasteiger charge is 2.12. The highest BCUT2D eigenvalue weighted by Crippen LogP contribution is 2.14. The Morgan fingerprint density at radius 3 is 2.95 bits per heavy atom. The molecule has 9 heteroatoms. The van der Waals surface area contributed by atoms with Gasteiger partial charge in [0.05, 0.1) is 5.56 Å². The van der Waals surface area contributed by atoms with Gasteiger partial charge in [0.1, 0.15) is 12.2 Å². The number of aryl methyl sites for hydroxylation is 1. The van der Waals surface area contributed by atoms with Crippen molar-refractivity contribution in [3.63, 3.8) is 0 Å². The van der Waals surface area contributed by atoms with E-state index in [-0.39, 0.29) is 21.8 Å². The summed E-state index contributed by atoms with van der Waals surface area (Å²) in [6, 6.07) is 1.38. The van der Waals surface area contributed by atoms with Gasteiger partial charge in [-0.25, -0.2) is 4.98 Å². The molecule has 2 aromatic rings. The van der Waals surface area contributed by atoms with Crippen LogP contribution in [0.4, 0.5) is 0 Å². The molecule has 2 N–H and O–H groups in total. The first-order valence-corrected chi connectivity index (χ1v) is 6.23. The fourth-order valence-electron chi connectivity index (χ4n) is 1.42. The lowest BCUT2D eigenvalue weighted by Gasteiger charge is -2.05. The first kappa shape index (κ1) is 13.7. The number of carbonyl (C=O) groups is 1. The molecule has 2 heterocycles. The maximum Gasteiger partial charge on any atom is 0.254 e. The SMILES string of the molecule is O=C(NCCCc1ncn[nH]1)c1cc(Cl)nnc1Cl. The second kappa shape index (κ2) is 6.44. The van der Waals surface area contributed by atoms with Crippen LogP contribution in [-0.4, -0.2) is 37.8 Å². The lowest BCUT2D eigenvalue weighted by Crippen LogP contribution is -2.25. The molecule has 100 valence electrons. The third-order valence-corrected chi connectivity index (χ3v) is 2.77. The number of hydrogen-bond acceptors (Lipinski definition) is 5. The summed E-state index contributed by atoms with van der Waals surface area (Å²) < 4.78 is 0. The Labute approximate surface area is 118 Å². The number of amides is 1. The van der Waals surface area contributed by atoms with Crippen molar-refractivity contribution >= 4 is 29.1 Å². The zero-order valence-corrected chi connectivity index (χ0v) is 11.2. The Hall–Kier alpha value is -1.73. The van der Waals surface area contributed by atoms with Crippen LogP contribution in [0.5, 0.6) is 0 Å². The van der Waals surface area contributed by atoms with E-state index in [0.29, 0.717) is 13.0 Å². The number of hydrogen-bond donors (Lipinski definition) is 2. The van der Waals surface area contributed by atoms with Gasteiger partial charge in [-0.2, -0.15) is 5.10 Å². The molecule has 2 rings (SSSR count). The van der Waals surface area contributed by atoms with Crippen molar-refractivity contribution in [2.45, 2.75) is 12.8 Å². The van der Waals surface area contributed by atoms with Crippen LogP contribution in [0.25, 0.3) is 0 Å². The number of carbonyl (C=O) groups excluding carboxylic acids is 1. The predicted molar refractivity (Wildman–Crippen MR) is 69.1 cm³/mol. The third kappa shape index (κ3) is 3.87. The van der Waals surface area contributed by atoms with E-state index in [4.69, 9.17) is 23.2 Å². The molecule has 0 aliphatic rings. The summed E-state index contributed by atoms with van der Waals surface area (Å²) in [4.78, 5) is 15.8. The van der Waals surface area contributed by atoms with E-state index in [1.54, 1.807) is 0 Å². The van der Waals surface area contributed by atoms with Crippen LogP contribution in [0.2, 0.25) is 10.3 Å². The van der Waals surface area contributed by atoms with Gasteiger partial charge in [0.25, 0.3) is 5.91 Å². The molecular weight excluding hydrogens is 291 g/mol. The molecular formula is C10H10Cl2N6O. The molecule has 0 aromatic carbocycles. The first-order valence-electron chi connectivity index (χ1n) is 5.48. The molecule has 0 bridgehead atoms. The van der Waals surface area contributed by atoms with E-state index in [1.165, 1.54) is 12.4 Å². The summed E-state index contributed by atoms with van der Waals surface area (Å²) in [5, 5.41) is 16.4. The van der Waals surface area contributed by atoms with Gasteiger partial charge in [-0.05, 0) is 12.5 Å². The van der Waals surface area contributed by atoms with Crippen LogP contribution in [0, 0.1) is 0 Å². The number of nitrogens with zero attached hydrogens (tertiary/aromatic N) is 4. The van der Waals surface area contributed by atoms with Crippen LogP contribution in [-0.2, 0) is 6.42 Å². The highest BCUT2D eigenvalue weighted by molar-refractivity contribution is 6.34. The predicted octanol–water partition coefficient (Wildman–Crippen LogP) is 1.26. The molecule has 2 aromatic heterocycles. The molecule has 0 radical (unpaired) electrons. The number of halogens is 2. The van der Waals surface area contributed by atoms with Crippen molar-refractivity contribution in [1.29, 1.82) is 0 Å². The smallest absolute Gasteiger partial charge is 0.254 e. The summed E-state index contributed by atoms with van der Waals surface area (Å²) in [5.74, 6) is 0.445. The van der Waals surface area contributed by atoms with E-state index in [2.05, 4.69) is 30.7 Å². The normalized spacial score (nSPS) is 10.4. The fourth-order valence-corrected chi connectivity index (χ4v) is 1.74. The Bertz CT molecular complexity index is 559. The number of aromatic amines is 1. The molecule has 0 unspecified atom stereocenters. The zero-order valence-electron chi connectivity index (χ0n) is 9.73. The van der Waals surface area contributed by atoms with Gasteiger partial charge < -0.3 is 5.32 Å². The average Bonchev–Trinajstić information content (AvgIpc) is 2.90. The fraction of sp³-hybridized carbons (Fsp3) is 0.300. The summed E-state index contributed by atoms with van der Waals surface area (Å²) in [6.07, 6.45) is 2.87. The number of rotatable bonds is 5. The van der Waals surface area contributed by atoms with Crippen LogP contribution in [0.15, 0.2) is 12.4 Å². The largest absolute Gasteiger partial charge is 0.352 e. The molecule has 0 aliphatic carbocycles. The van der Waals surface area contributed by atoms with Gasteiger partial charge in [-0.15, -0.1) is 10.2 Å². The third-order valence-electron chi connectivity index (χ3n) is 2.30. The van der Waals surface area contributed by atoms with Crippen LogP contribution < -0.4 is 5.32 Å². The van der Waals surface area contributed by atoms with E-state index in [0.717, 1.165) is 12.2 Å². The van der Waals surface area contributed by atoms with E-state index < -0.39 is 0 Å². The molecule has 0 aliphatic heterocycles. The van der Waals surface area contributed by atoms with E-state index in [9.17, 15) is 4.79 Å². The summed E-state index contributed by atoms with van der Waals surface area (Å²) in [7, 11) is 0. The van der Waals surface area contributed by atoms with Crippen molar-refractivity contribution < 1.29 is 4.79 Å². The van der Waals surface area contributed by atoms with Gasteiger partial charge >= 0.3 is 0 Å². The minimum Gasteiger partial charge on any atom is -0.352 e. The van der Waals surface area contributed by atoms with Crippen molar-refractivity contribution in [2.75, 3.05) is 6.54 Å². The number of nitrogens with one attached hydrogen (secondary N) is 2. The maximum absolute atomic E-state index is 11.8.